The summed E-state index contributed by atoms with van der Waals surface area (Å²) in [4.78, 5) is 2.45. The van der Waals surface area contributed by atoms with Gasteiger partial charge in [-0.2, -0.15) is 0 Å². The maximum absolute atomic E-state index is 7.14. The summed E-state index contributed by atoms with van der Waals surface area (Å²) in [6, 6.07) is 68.9. The zero-order chi connectivity index (χ0) is 37.8. The van der Waals surface area contributed by atoms with E-state index in [0.717, 1.165) is 44.6 Å². The second-order valence-electron chi connectivity index (χ2n) is 16.1. The van der Waals surface area contributed by atoms with Crippen molar-refractivity contribution in [1.82, 2.24) is 0 Å². The van der Waals surface area contributed by atoms with Gasteiger partial charge in [-0.25, -0.2) is 0 Å². The van der Waals surface area contributed by atoms with Crippen LogP contribution in [0.3, 0.4) is 0 Å². The first kappa shape index (κ1) is 32.1. The first-order valence-corrected chi connectivity index (χ1v) is 19.8. The van der Waals surface area contributed by atoms with Gasteiger partial charge < -0.3 is 9.32 Å². The minimum absolute atomic E-state index is 0.137. The van der Waals surface area contributed by atoms with Crippen LogP contribution in [0.5, 0.6) is 0 Å². The molecule has 0 N–H and O–H groups in total. The molecular weight excluding hydrogens is 691 g/mol. The van der Waals surface area contributed by atoms with E-state index in [9.17, 15) is 0 Å². The van der Waals surface area contributed by atoms with E-state index < -0.39 is 0 Å². The lowest BCUT2D eigenvalue weighted by Crippen LogP contribution is -2.16. The predicted octanol–water partition coefficient (Wildman–Crippen LogP) is 15.6. The van der Waals surface area contributed by atoms with Crippen LogP contribution in [0.1, 0.15) is 25.0 Å². The third-order valence-corrected chi connectivity index (χ3v) is 12.6. The lowest BCUT2D eigenvalue weighted by Gasteiger charge is -2.29. The Morgan fingerprint density at radius 3 is 1.82 bits per heavy atom. The van der Waals surface area contributed by atoms with Gasteiger partial charge in [0.1, 0.15) is 11.2 Å². The Balaban J connectivity index is 1.14. The highest BCUT2D eigenvalue weighted by Gasteiger charge is 2.36. The second-order valence-corrected chi connectivity index (χ2v) is 16.1. The molecule has 2 nitrogen and oxygen atoms in total. The van der Waals surface area contributed by atoms with E-state index in [4.69, 9.17) is 4.42 Å². The van der Waals surface area contributed by atoms with Crippen molar-refractivity contribution in [1.29, 1.82) is 0 Å². The Labute approximate surface area is 330 Å². The SMILES string of the molecule is CC1(C)c2ccccc2-c2ccc(N(c3ccc4c(c3)oc3c(-c5cccc6ccccc56)c5ccccc5cc34)c3cc4ccccc4c4ccccc34)cc21. The van der Waals surface area contributed by atoms with Crippen molar-refractivity contribution in [2.75, 3.05) is 4.90 Å². The van der Waals surface area contributed by atoms with Crippen molar-refractivity contribution in [3.63, 3.8) is 0 Å². The largest absolute Gasteiger partial charge is 0.455 e. The molecule has 2 heteroatoms. The van der Waals surface area contributed by atoms with Crippen molar-refractivity contribution >= 4 is 82.1 Å². The molecule has 10 aromatic carbocycles. The zero-order valence-electron chi connectivity index (χ0n) is 31.8. The number of hydrogen-bond acceptors (Lipinski definition) is 2. The molecule has 0 bridgehead atoms. The first-order valence-electron chi connectivity index (χ1n) is 19.8. The molecule has 1 aliphatic rings. The Bertz CT molecular complexity index is 3450. The summed E-state index contributed by atoms with van der Waals surface area (Å²) < 4.78 is 7.14. The van der Waals surface area contributed by atoms with Gasteiger partial charge in [-0.15, -0.1) is 0 Å². The second kappa shape index (κ2) is 11.9. The van der Waals surface area contributed by atoms with Gasteiger partial charge in [0.05, 0.1) is 5.69 Å². The van der Waals surface area contributed by atoms with Crippen molar-refractivity contribution in [2.45, 2.75) is 19.3 Å². The molecule has 0 radical (unpaired) electrons. The molecule has 0 spiro atoms. The van der Waals surface area contributed by atoms with E-state index in [1.54, 1.807) is 0 Å². The van der Waals surface area contributed by atoms with E-state index in [1.165, 1.54) is 70.9 Å². The normalized spacial score (nSPS) is 13.2. The van der Waals surface area contributed by atoms with Gasteiger partial charge >= 0.3 is 0 Å². The molecule has 268 valence electrons. The van der Waals surface area contributed by atoms with Gasteiger partial charge in [-0.05, 0) is 102 Å². The van der Waals surface area contributed by atoms with Crippen molar-refractivity contribution in [2.24, 2.45) is 0 Å². The molecular formula is C55H37NO. The van der Waals surface area contributed by atoms with Gasteiger partial charge in [0, 0.05) is 44.6 Å². The lowest BCUT2D eigenvalue weighted by molar-refractivity contribution is 0.660. The predicted molar refractivity (Wildman–Crippen MR) is 241 cm³/mol. The fourth-order valence-corrected chi connectivity index (χ4v) is 9.89. The van der Waals surface area contributed by atoms with Gasteiger partial charge in [0.2, 0.25) is 0 Å². The summed E-state index contributed by atoms with van der Waals surface area (Å²) in [6.07, 6.45) is 0. The van der Waals surface area contributed by atoms with Gasteiger partial charge in [-0.3, -0.25) is 0 Å². The van der Waals surface area contributed by atoms with Crippen molar-refractivity contribution in [3.05, 3.63) is 199 Å². The molecule has 11 aromatic rings. The van der Waals surface area contributed by atoms with Crippen LogP contribution in [-0.2, 0) is 5.41 Å². The molecule has 1 aliphatic carbocycles. The topological polar surface area (TPSA) is 16.4 Å². The minimum Gasteiger partial charge on any atom is -0.455 e. The Hall–Kier alpha value is -7.16. The average Bonchev–Trinajstić information content (AvgIpc) is 3.73. The number of rotatable bonds is 4. The molecule has 0 saturated heterocycles. The molecule has 0 atom stereocenters. The highest BCUT2D eigenvalue weighted by atomic mass is 16.3. The van der Waals surface area contributed by atoms with Crippen LogP contribution in [-0.4, -0.2) is 0 Å². The Morgan fingerprint density at radius 1 is 0.386 bits per heavy atom. The minimum atomic E-state index is -0.137. The van der Waals surface area contributed by atoms with Crippen LogP contribution in [0.4, 0.5) is 17.1 Å². The standard InChI is InChI=1S/C55H37NO/c1-55(2)49-25-12-11-22-43(49)44-28-26-37(32-50(44)55)56(51-31-36-16-4-7-19-40(36)42-21-9-10-23-45(42)51)38-27-29-46-48-30-35-15-5-8-20-41(35)53(54(48)57-52(46)33-38)47-24-13-17-34-14-3-6-18-39(34)47/h3-33H,1-2H3. The van der Waals surface area contributed by atoms with Crippen LogP contribution in [0.25, 0.3) is 87.3 Å². The van der Waals surface area contributed by atoms with Crippen LogP contribution >= 0.6 is 0 Å². The molecule has 0 saturated carbocycles. The number of nitrogens with zero attached hydrogens (tertiary/aromatic N) is 1. The Morgan fingerprint density at radius 2 is 0.982 bits per heavy atom. The number of benzene rings is 10. The summed E-state index contributed by atoms with van der Waals surface area (Å²) in [5.41, 5.74) is 12.6. The first-order chi connectivity index (χ1) is 28.0. The molecule has 1 heterocycles. The van der Waals surface area contributed by atoms with Gasteiger partial charge in [0.15, 0.2) is 0 Å². The summed E-state index contributed by atoms with van der Waals surface area (Å²) >= 11 is 0. The van der Waals surface area contributed by atoms with Crippen LogP contribution < -0.4 is 4.90 Å². The monoisotopic (exact) mass is 727 g/mol. The summed E-state index contributed by atoms with van der Waals surface area (Å²) in [5.74, 6) is 0. The summed E-state index contributed by atoms with van der Waals surface area (Å²) in [7, 11) is 0. The molecule has 1 aromatic heterocycles. The fourth-order valence-electron chi connectivity index (χ4n) is 9.89. The highest BCUT2D eigenvalue weighted by molar-refractivity contribution is 6.21. The van der Waals surface area contributed by atoms with Crippen LogP contribution in [0, 0.1) is 0 Å². The Kier molecular flexibility index (Phi) is 6.72. The quantitative estimate of drug-likeness (QED) is 0.168. The van der Waals surface area contributed by atoms with E-state index >= 15 is 0 Å². The molecule has 57 heavy (non-hydrogen) atoms. The maximum atomic E-state index is 7.14. The fraction of sp³-hybridized carbons (Fsp3) is 0.0545. The van der Waals surface area contributed by atoms with Crippen molar-refractivity contribution in [3.8, 4) is 22.3 Å². The third-order valence-electron chi connectivity index (χ3n) is 12.6. The lowest BCUT2D eigenvalue weighted by atomic mass is 9.82. The van der Waals surface area contributed by atoms with Gasteiger partial charge in [0.25, 0.3) is 0 Å². The van der Waals surface area contributed by atoms with E-state index in [-0.39, 0.29) is 5.41 Å². The maximum Gasteiger partial charge on any atom is 0.143 e. The summed E-state index contributed by atoms with van der Waals surface area (Å²) in [5, 5.41) is 12.0. The molecule has 12 rings (SSSR count). The number of hydrogen-bond donors (Lipinski definition) is 0. The zero-order valence-corrected chi connectivity index (χ0v) is 31.8. The highest BCUT2D eigenvalue weighted by Crippen LogP contribution is 2.52. The van der Waals surface area contributed by atoms with Crippen LogP contribution in [0.2, 0.25) is 0 Å². The summed E-state index contributed by atoms with van der Waals surface area (Å²) in [6.45, 7) is 4.71. The van der Waals surface area contributed by atoms with E-state index in [0.29, 0.717) is 0 Å². The average molecular weight is 728 g/mol. The third kappa shape index (κ3) is 4.65. The van der Waals surface area contributed by atoms with Gasteiger partial charge in [-0.1, -0.05) is 159 Å². The number of furan rings is 1. The van der Waals surface area contributed by atoms with E-state index in [2.05, 4.69) is 207 Å². The molecule has 0 unspecified atom stereocenters. The van der Waals surface area contributed by atoms with Crippen molar-refractivity contribution < 1.29 is 4.42 Å². The number of anilines is 3. The van der Waals surface area contributed by atoms with Crippen LogP contribution in [0.15, 0.2) is 192 Å². The smallest absolute Gasteiger partial charge is 0.143 e. The molecule has 0 fully saturated rings. The number of fused-ring (bicyclic) bond motifs is 11. The molecule has 0 amide bonds. The van der Waals surface area contributed by atoms with E-state index in [1.807, 2.05) is 0 Å². The molecule has 0 aliphatic heterocycles.